The second-order valence-corrected chi connectivity index (χ2v) is 12.9. The van der Waals surface area contributed by atoms with Gasteiger partial charge in [0.1, 0.15) is 11.3 Å². The number of anilines is 2. The molecule has 0 atom stereocenters. The lowest BCUT2D eigenvalue weighted by molar-refractivity contribution is 0.112. The van der Waals surface area contributed by atoms with Crippen LogP contribution in [0.25, 0.3) is 55.2 Å². The number of fused-ring (bicyclic) bond motifs is 4. The Morgan fingerprint density at radius 2 is 1.32 bits per heavy atom. The minimum absolute atomic E-state index is 0.161. The molecule has 244 valence electrons. The molecule has 0 saturated carbocycles. The van der Waals surface area contributed by atoms with Crippen LogP contribution in [-0.2, 0) is 13.1 Å². The van der Waals surface area contributed by atoms with Gasteiger partial charge < -0.3 is 15.1 Å². The first kappa shape index (κ1) is 31.3. The molecule has 2 aromatic heterocycles. The van der Waals surface area contributed by atoms with Crippen LogP contribution < -0.4 is 16.1 Å². The first-order chi connectivity index (χ1) is 24.4. The third kappa shape index (κ3) is 5.53. The molecule has 3 heterocycles. The van der Waals surface area contributed by atoms with E-state index in [2.05, 4.69) is 16.7 Å². The topological polar surface area (TPSA) is 97.1 Å². The van der Waals surface area contributed by atoms with E-state index >= 15 is 0 Å². The van der Waals surface area contributed by atoms with E-state index < -0.39 is 0 Å². The summed E-state index contributed by atoms with van der Waals surface area (Å²) in [5.41, 5.74) is 9.75. The fourth-order valence-electron chi connectivity index (χ4n) is 6.70. The standard InChI is InChI=1S/C42H32N4O3S/c1-24-13-15-26-8-5-11-34(39(26)45-24)43-21-32-36(48)19-17-30-38(29-10-4-3-7-28(29)23-47)31-18-20-37(50)33(42(31)49-41(30)32)22-44-35-12-6-9-27-16-14-25(2)46-40(27)35/h3-20,23,43-44,50H,21-22H2,1-2H3. The van der Waals surface area contributed by atoms with Crippen molar-refractivity contribution in [3.63, 3.8) is 0 Å². The maximum atomic E-state index is 13.7. The first-order valence-electron chi connectivity index (χ1n) is 16.4. The summed E-state index contributed by atoms with van der Waals surface area (Å²) in [5, 5.41) is 9.89. The number of hydrogen-bond donors (Lipinski definition) is 3. The summed E-state index contributed by atoms with van der Waals surface area (Å²) in [5.74, 6) is 0.445. The molecule has 6 aromatic rings. The van der Waals surface area contributed by atoms with Crippen molar-refractivity contribution in [1.82, 2.24) is 9.97 Å². The predicted molar refractivity (Wildman–Crippen MR) is 205 cm³/mol. The van der Waals surface area contributed by atoms with Crippen molar-refractivity contribution in [3.8, 4) is 22.5 Å². The molecule has 0 fully saturated rings. The largest absolute Gasteiger partial charge is 0.455 e. The summed E-state index contributed by atoms with van der Waals surface area (Å²) in [6.07, 6.45) is 0.863. The van der Waals surface area contributed by atoms with Crippen molar-refractivity contribution >= 4 is 63.1 Å². The number of aldehydes is 1. The molecule has 8 heteroatoms. The van der Waals surface area contributed by atoms with Crippen LogP contribution in [0.5, 0.6) is 0 Å². The van der Waals surface area contributed by atoms with Crippen molar-refractivity contribution in [3.05, 3.63) is 147 Å². The second kappa shape index (κ2) is 12.8. The van der Waals surface area contributed by atoms with Crippen molar-refractivity contribution < 1.29 is 9.21 Å². The van der Waals surface area contributed by atoms with Crippen molar-refractivity contribution in [2.24, 2.45) is 0 Å². The number of aryl methyl sites for hydroxylation is 2. The number of carbonyl (C=O) groups is 1. The zero-order chi connectivity index (χ0) is 34.4. The van der Waals surface area contributed by atoms with Gasteiger partial charge in [-0.25, -0.2) is 0 Å². The summed E-state index contributed by atoms with van der Waals surface area (Å²) in [6.45, 7) is 4.51. The highest BCUT2D eigenvalue weighted by atomic mass is 32.1. The molecule has 1 aliphatic heterocycles. The summed E-state index contributed by atoms with van der Waals surface area (Å²) >= 11 is 4.89. The Morgan fingerprint density at radius 1 is 0.680 bits per heavy atom. The van der Waals surface area contributed by atoms with Crippen LogP contribution in [0.4, 0.5) is 11.4 Å². The molecule has 50 heavy (non-hydrogen) atoms. The van der Waals surface area contributed by atoms with Gasteiger partial charge in [-0.1, -0.05) is 60.7 Å². The normalized spacial score (nSPS) is 11.4. The summed E-state index contributed by atoms with van der Waals surface area (Å²) in [6, 6.07) is 34.8. The fraction of sp³-hybridized carbons (Fsp3) is 0.0952. The lowest BCUT2D eigenvalue weighted by Gasteiger charge is -2.21. The average molecular weight is 673 g/mol. The average Bonchev–Trinajstić information content (AvgIpc) is 3.13. The third-order valence-corrected chi connectivity index (χ3v) is 9.60. The Hall–Kier alpha value is -5.99. The SMILES string of the molecule is Cc1ccc2cccc(NCc3c4oc5c(CNc6cccc7ccc(C)nc67)c(S)ccc5c(-c5ccccc5C=O)c-4ccc3=O)c2n1. The zero-order valence-electron chi connectivity index (χ0n) is 27.5. The molecule has 0 bridgehead atoms. The van der Waals surface area contributed by atoms with Gasteiger partial charge in [0.2, 0.25) is 0 Å². The number of rotatable bonds is 8. The Morgan fingerprint density at radius 3 is 1.98 bits per heavy atom. The van der Waals surface area contributed by atoms with Gasteiger partial charge in [0.25, 0.3) is 0 Å². The smallest absolute Gasteiger partial charge is 0.187 e. The monoisotopic (exact) mass is 672 g/mol. The molecule has 4 aromatic carbocycles. The quantitative estimate of drug-likeness (QED) is 0.0840. The number of pyridine rings is 2. The molecule has 0 unspecified atom stereocenters. The Balaban J connectivity index is 1.32. The summed E-state index contributed by atoms with van der Waals surface area (Å²) in [4.78, 5) is 36.3. The first-order valence-corrected chi connectivity index (χ1v) is 16.8. The predicted octanol–water partition coefficient (Wildman–Crippen LogP) is 9.60. The molecule has 0 spiro atoms. The molecule has 0 saturated heterocycles. The van der Waals surface area contributed by atoms with Crippen LogP contribution in [0.15, 0.2) is 123 Å². The van der Waals surface area contributed by atoms with E-state index in [4.69, 9.17) is 27.0 Å². The second-order valence-electron chi connectivity index (χ2n) is 12.4. The van der Waals surface area contributed by atoms with Gasteiger partial charge in [-0.15, -0.1) is 12.6 Å². The molecule has 0 radical (unpaired) electrons. The fourth-order valence-corrected chi connectivity index (χ4v) is 6.95. The minimum Gasteiger partial charge on any atom is -0.455 e. The highest BCUT2D eigenvalue weighted by Crippen LogP contribution is 2.44. The van der Waals surface area contributed by atoms with Gasteiger partial charge in [-0.2, -0.15) is 0 Å². The van der Waals surface area contributed by atoms with Gasteiger partial charge >= 0.3 is 0 Å². The molecule has 1 aliphatic carbocycles. The van der Waals surface area contributed by atoms with Crippen LogP contribution in [0.2, 0.25) is 0 Å². The number of nitrogens with one attached hydrogen (secondary N) is 2. The number of aromatic nitrogens is 2. The number of carbonyl (C=O) groups excluding carboxylic acids is 1. The maximum absolute atomic E-state index is 13.7. The summed E-state index contributed by atoms with van der Waals surface area (Å²) in [7, 11) is 0. The van der Waals surface area contributed by atoms with Crippen molar-refractivity contribution in [2.75, 3.05) is 10.6 Å². The van der Waals surface area contributed by atoms with Crippen molar-refractivity contribution in [1.29, 1.82) is 0 Å². The Labute approximate surface area is 293 Å². The van der Waals surface area contributed by atoms with Crippen LogP contribution >= 0.6 is 12.6 Å². The van der Waals surface area contributed by atoms with Crippen LogP contribution in [-0.4, -0.2) is 16.3 Å². The molecule has 7 nitrogen and oxygen atoms in total. The van der Waals surface area contributed by atoms with Gasteiger partial charge in [0.05, 0.1) is 28.0 Å². The van der Waals surface area contributed by atoms with E-state index in [1.807, 2.05) is 98.8 Å². The van der Waals surface area contributed by atoms with E-state index in [9.17, 15) is 9.59 Å². The number of benzene rings is 5. The number of thiol groups is 1. The Bertz CT molecular complexity index is 2650. The number of para-hydroxylation sites is 2. The van der Waals surface area contributed by atoms with E-state index in [0.717, 1.165) is 83.4 Å². The highest BCUT2D eigenvalue weighted by molar-refractivity contribution is 7.80. The van der Waals surface area contributed by atoms with Crippen LogP contribution in [0, 0.1) is 13.8 Å². The minimum atomic E-state index is -0.161. The van der Waals surface area contributed by atoms with Crippen molar-refractivity contribution in [2.45, 2.75) is 31.8 Å². The molecule has 8 rings (SSSR count). The lowest BCUT2D eigenvalue weighted by Crippen LogP contribution is -2.15. The van der Waals surface area contributed by atoms with Gasteiger partial charge in [-0.3, -0.25) is 19.6 Å². The molecule has 2 N–H and O–H groups in total. The van der Waals surface area contributed by atoms with E-state index in [1.54, 1.807) is 18.2 Å². The molecule has 2 aliphatic rings. The van der Waals surface area contributed by atoms with E-state index in [1.165, 1.54) is 0 Å². The third-order valence-electron chi connectivity index (χ3n) is 9.18. The van der Waals surface area contributed by atoms with Gasteiger partial charge in [0.15, 0.2) is 11.7 Å². The molecular weight excluding hydrogens is 641 g/mol. The molecule has 0 amide bonds. The maximum Gasteiger partial charge on any atom is 0.187 e. The lowest BCUT2D eigenvalue weighted by atomic mass is 9.89. The summed E-state index contributed by atoms with van der Waals surface area (Å²) < 4.78 is 6.85. The van der Waals surface area contributed by atoms with Gasteiger partial charge in [-0.05, 0) is 67.9 Å². The number of nitrogens with zero attached hydrogens (tertiary/aromatic N) is 2. The Kier molecular flexibility index (Phi) is 8.01. The zero-order valence-corrected chi connectivity index (χ0v) is 28.3. The van der Waals surface area contributed by atoms with E-state index in [0.29, 0.717) is 29.0 Å². The van der Waals surface area contributed by atoms with Crippen LogP contribution in [0.3, 0.4) is 0 Å². The van der Waals surface area contributed by atoms with Crippen LogP contribution in [0.1, 0.15) is 32.9 Å². The number of hydrogen-bond acceptors (Lipinski definition) is 8. The van der Waals surface area contributed by atoms with Gasteiger partial charge in [0, 0.05) is 67.8 Å². The van der Waals surface area contributed by atoms with E-state index in [-0.39, 0.29) is 12.0 Å². The highest BCUT2D eigenvalue weighted by Gasteiger charge is 2.25. The molecular formula is C42H32N4O3S.